The van der Waals surface area contributed by atoms with Crippen LogP contribution < -0.4 is 0 Å². The van der Waals surface area contributed by atoms with Crippen molar-refractivity contribution >= 4 is 23.4 Å². The Kier molecular flexibility index (Phi) is 4.46. The molecule has 5 heteroatoms. The van der Waals surface area contributed by atoms with E-state index in [0.717, 1.165) is 0 Å². The Morgan fingerprint density at radius 3 is 2.17 bits per heavy atom. The number of ether oxygens (including phenoxy) is 1. The van der Waals surface area contributed by atoms with Crippen LogP contribution in [0.15, 0.2) is 24.3 Å². The molecule has 1 aromatic rings. The van der Waals surface area contributed by atoms with E-state index in [-0.39, 0.29) is 0 Å². The maximum atomic E-state index is 12.7. The van der Waals surface area contributed by atoms with E-state index in [1.165, 1.54) is 24.3 Å². The minimum Gasteiger partial charge on any atom is -0.454 e. The minimum absolute atomic E-state index is 0.355. The molecule has 1 unspecified atom stereocenters. The molecule has 0 fully saturated rings. The Labute approximate surface area is 110 Å². The van der Waals surface area contributed by atoms with Gasteiger partial charge in [-0.1, -0.05) is 12.1 Å². The Morgan fingerprint density at radius 2 is 1.72 bits per heavy atom. The molecule has 0 saturated carbocycles. The molecule has 1 atom stereocenters. The van der Waals surface area contributed by atoms with Crippen LogP contribution in [0.3, 0.4) is 0 Å². The van der Waals surface area contributed by atoms with Gasteiger partial charge in [0.05, 0.1) is 0 Å². The van der Waals surface area contributed by atoms with Crippen LogP contribution in [0.2, 0.25) is 0 Å². The normalized spacial score (nSPS) is 12.9. The summed E-state index contributed by atoms with van der Waals surface area (Å²) in [6.07, 6.45) is 0. The Balaban J connectivity index is 2.78. The predicted octanol–water partition coefficient (Wildman–Crippen LogP) is 3.02. The topological polar surface area (TPSA) is 43.4 Å². The van der Waals surface area contributed by atoms with E-state index in [2.05, 4.69) is 0 Å². The van der Waals surface area contributed by atoms with Gasteiger partial charge in [0.25, 0.3) is 5.78 Å². The number of halogens is 2. The number of rotatable bonds is 3. The molecule has 0 radical (unpaired) electrons. The van der Waals surface area contributed by atoms with Gasteiger partial charge >= 0.3 is 5.97 Å². The number of benzene rings is 1. The van der Waals surface area contributed by atoms with E-state index in [0.29, 0.717) is 5.56 Å². The van der Waals surface area contributed by atoms with Gasteiger partial charge in [-0.15, -0.1) is 11.6 Å². The third kappa shape index (κ3) is 4.11. The van der Waals surface area contributed by atoms with Crippen LogP contribution in [-0.2, 0) is 14.3 Å². The first-order valence-corrected chi connectivity index (χ1v) is 5.81. The van der Waals surface area contributed by atoms with Gasteiger partial charge in [0.15, 0.2) is 0 Å². The summed E-state index contributed by atoms with van der Waals surface area (Å²) in [7, 11) is 0. The summed E-state index contributed by atoms with van der Waals surface area (Å²) in [5.41, 5.74) is -0.402. The number of carbonyl (C=O) groups excluding carboxylic acids is 2. The van der Waals surface area contributed by atoms with E-state index in [1.54, 1.807) is 20.8 Å². The van der Waals surface area contributed by atoms with Crippen molar-refractivity contribution in [2.24, 2.45) is 0 Å². The molecule has 98 valence electrons. The number of hydrogen-bond acceptors (Lipinski definition) is 3. The van der Waals surface area contributed by atoms with Crippen molar-refractivity contribution in [1.29, 1.82) is 0 Å². The molecule has 18 heavy (non-hydrogen) atoms. The van der Waals surface area contributed by atoms with Gasteiger partial charge in [-0.05, 0) is 38.5 Å². The molecule has 0 aliphatic heterocycles. The minimum atomic E-state index is -1.17. The summed E-state index contributed by atoms with van der Waals surface area (Å²) in [6, 6.07) is 5.06. The van der Waals surface area contributed by atoms with Crippen LogP contribution in [0, 0.1) is 5.82 Å². The van der Waals surface area contributed by atoms with Crippen LogP contribution in [-0.4, -0.2) is 17.4 Å². The average molecular weight is 273 g/mol. The lowest BCUT2D eigenvalue weighted by Crippen LogP contribution is -2.30. The summed E-state index contributed by atoms with van der Waals surface area (Å²) >= 11 is 5.86. The van der Waals surface area contributed by atoms with Gasteiger partial charge in [-0.25, -0.2) is 9.18 Å². The van der Waals surface area contributed by atoms with E-state index in [4.69, 9.17) is 16.3 Å². The molecule has 1 aromatic carbocycles. The molecule has 0 heterocycles. The lowest BCUT2D eigenvalue weighted by molar-refractivity contribution is -0.162. The van der Waals surface area contributed by atoms with Crippen molar-refractivity contribution in [2.75, 3.05) is 0 Å². The molecule has 0 aliphatic carbocycles. The van der Waals surface area contributed by atoms with Crippen molar-refractivity contribution in [3.63, 3.8) is 0 Å². The second-order valence-electron chi connectivity index (χ2n) is 4.78. The van der Waals surface area contributed by atoms with Crippen LogP contribution in [0.25, 0.3) is 0 Å². The zero-order valence-corrected chi connectivity index (χ0v) is 11.1. The fourth-order valence-electron chi connectivity index (χ4n) is 1.21. The largest absolute Gasteiger partial charge is 0.454 e. The van der Waals surface area contributed by atoms with Crippen molar-refractivity contribution in [3.05, 3.63) is 35.6 Å². The summed E-state index contributed by atoms with van der Waals surface area (Å²) in [5, 5.41) is -1.17. The van der Waals surface area contributed by atoms with Gasteiger partial charge in [-0.3, -0.25) is 4.79 Å². The van der Waals surface area contributed by atoms with Gasteiger partial charge in [0, 0.05) is 0 Å². The fraction of sp³-hybridized carbons (Fsp3) is 0.385. The number of carbonyl (C=O) groups is 2. The summed E-state index contributed by atoms with van der Waals surface area (Å²) in [4.78, 5) is 23.2. The molecule has 0 bridgehead atoms. The third-order valence-corrected chi connectivity index (χ3v) is 2.44. The lowest BCUT2D eigenvalue weighted by Gasteiger charge is -2.19. The number of Topliss-reactive ketones (excluding diaryl/α,β-unsaturated/α-hetero) is 1. The highest BCUT2D eigenvalue weighted by molar-refractivity contribution is 6.47. The van der Waals surface area contributed by atoms with E-state index < -0.39 is 28.5 Å². The first-order chi connectivity index (χ1) is 8.20. The quantitative estimate of drug-likeness (QED) is 0.483. The molecule has 3 nitrogen and oxygen atoms in total. The smallest absolute Gasteiger partial charge is 0.377 e. The zero-order valence-electron chi connectivity index (χ0n) is 10.4. The highest BCUT2D eigenvalue weighted by atomic mass is 35.5. The van der Waals surface area contributed by atoms with E-state index in [1.807, 2.05) is 0 Å². The van der Waals surface area contributed by atoms with Crippen molar-refractivity contribution < 1.29 is 18.7 Å². The SMILES string of the molecule is CC(C)(C)OC(=O)C(=O)C(Cl)c1ccc(F)cc1. The number of hydrogen-bond donors (Lipinski definition) is 0. The molecule has 0 spiro atoms. The lowest BCUT2D eigenvalue weighted by atomic mass is 10.1. The molecule has 0 aliphatic rings. The highest BCUT2D eigenvalue weighted by Crippen LogP contribution is 2.23. The summed E-state index contributed by atoms with van der Waals surface area (Å²) < 4.78 is 17.6. The fourth-order valence-corrected chi connectivity index (χ4v) is 1.45. The standard InChI is InChI=1S/C13H14ClFO3/c1-13(2,3)18-12(17)11(16)10(14)8-4-6-9(15)7-5-8/h4-7,10H,1-3H3. The number of ketones is 1. The Bertz CT molecular complexity index is 448. The number of esters is 1. The van der Waals surface area contributed by atoms with E-state index in [9.17, 15) is 14.0 Å². The van der Waals surface area contributed by atoms with Crippen molar-refractivity contribution in [3.8, 4) is 0 Å². The average Bonchev–Trinajstić information content (AvgIpc) is 2.26. The molecule has 0 N–H and O–H groups in total. The molecule has 1 rings (SSSR count). The maximum absolute atomic E-state index is 12.7. The van der Waals surface area contributed by atoms with Crippen molar-refractivity contribution in [2.45, 2.75) is 31.7 Å². The van der Waals surface area contributed by atoms with Crippen LogP contribution in [0.1, 0.15) is 31.7 Å². The second kappa shape index (κ2) is 5.48. The van der Waals surface area contributed by atoms with Gasteiger partial charge in [0.2, 0.25) is 0 Å². The Hall–Kier alpha value is -1.42. The predicted molar refractivity (Wildman–Crippen MR) is 65.8 cm³/mol. The van der Waals surface area contributed by atoms with Gasteiger partial charge < -0.3 is 4.74 Å². The van der Waals surface area contributed by atoms with Crippen LogP contribution >= 0.6 is 11.6 Å². The summed E-state index contributed by atoms with van der Waals surface area (Å²) in [5.74, 6) is -2.29. The molecule has 0 amide bonds. The second-order valence-corrected chi connectivity index (χ2v) is 5.22. The Morgan fingerprint density at radius 1 is 1.22 bits per heavy atom. The van der Waals surface area contributed by atoms with Gasteiger partial charge in [-0.2, -0.15) is 0 Å². The highest BCUT2D eigenvalue weighted by Gasteiger charge is 2.29. The first-order valence-electron chi connectivity index (χ1n) is 5.37. The first kappa shape index (κ1) is 14.6. The monoisotopic (exact) mass is 272 g/mol. The van der Waals surface area contributed by atoms with Crippen LogP contribution in [0.5, 0.6) is 0 Å². The van der Waals surface area contributed by atoms with Crippen LogP contribution in [0.4, 0.5) is 4.39 Å². The van der Waals surface area contributed by atoms with Crippen molar-refractivity contribution in [1.82, 2.24) is 0 Å². The summed E-state index contributed by atoms with van der Waals surface area (Å²) in [6.45, 7) is 4.96. The number of alkyl halides is 1. The maximum Gasteiger partial charge on any atom is 0.377 e. The molecule has 0 aromatic heterocycles. The van der Waals surface area contributed by atoms with E-state index >= 15 is 0 Å². The molecular weight excluding hydrogens is 259 g/mol. The molecule has 0 saturated heterocycles. The molecular formula is C13H14ClFO3. The van der Waals surface area contributed by atoms with Gasteiger partial charge in [0.1, 0.15) is 16.8 Å². The third-order valence-electron chi connectivity index (χ3n) is 1.99. The zero-order chi connectivity index (χ0) is 13.9.